The maximum atomic E-state index is 12.7. The van der Waals surface area contributed by atoms with Crippen LogP contribution < -0.4 is 14.4 Å². The van der Waals surface area contributed by atoms with Crippen molar-refractivity contribution in [3.8, 4) is 11.5 Å². The third kappa shape index (κ3) is 4.03. The zero-order valence-corrected chi connectivity index (χ0v) is 14.1. The minimum absolute atomic E-state index is 0.0431. The quantitative estimate of drug-likeness (QED) is 0.818. The highest BCUT2D eigenvalue weighted by Crippen LogP contribution is 2.26. The summed E-state index contributed by atoms with van der Waals surface area (Å²) in [7, 11) is 3.21. The number of hydrogen-bond acceptors (Lipinski definition) is 3. The van der Waals surface area contributed by atoms with E-state index < -0.39 is 0 Å². The van der Waals surface area contributed by atoms with Gasteiger partial charge in [0.15, 0.2) is 0 Å². The van der Waals surface area contributed by atoms with Crippen LogP contribution in [0.25, 0.3) is 0 Å². The summed E-state index contributed by atoms with van der Waals surface area (Å²) in [5.74, 6) is 1.42. The van der Waals surface area contributed by atoms with Gasteiger partial charge >= 0.3 is 0 Å². The molecule has 23 heavy (non-hydrogen) atoms. The lowest BCUT2D eigenvalue weighted by molar-refractivity contribution is -0.118. The molecule has 0 aliphatic carbocycles. The Hall–Kier alpha value is -2.49. The summed E-state index contributed by atoms with van der Waals surface area (Å²) in [6.45, 7) is 4.63. The SMILES string of the molecule is CCN(C(=O)Cc1ccc(OC)cc1OC)c1cccc(C)c1. The van der Waals surface area contributed by atoms with E-state index in [9.17, 15) is 4.79 Å². The van der Waals surface area contributed by atoms with Crippen LogP contribution in [0.2, 0.25) is 0 Å². The highest BCUT2D eigenvalue weighted by Gasteiger charge is 2.17. The van der Waals surface area contributed by atoms with Crippen molar-refractivity contribution in [2.24, 2.45) is 0 Å². The number of aryl methyl sites for hydroxylation is 1. The highest BCUT2D eigenvalue weighted by molar-refractivity contribution is 5.95. The van der Waals surface area contributed by atoms with Crippen molar-refractivity contribution < 1.29 is 14.3 Å². The topological polar surface area (TPSA) is 38.8 Å². The summed E-state index contributed by atoms with van der Waals surface area (Å²) < 4.78 is 10.6. The number of hydrogen-bond donors (Lipinski definition) is 0. The number of nitrogens with zero attached hydrogens (tertiary/aromatic N) is 1. The second-order valence-electron chi connectivity index (χ2n) is 5.33. The zero-order chi connectivity index (χ0) is 16.8. The molecule has 0 aliphatic heterocycles. The molecule has 1 amide bonds. The number of likely N-dealkylation sites (N-methyl/N-ethyl adjacent to an activating group) is 1. The molecule has 0 bridgehead atoms. The molecule has 0 aromatic heterocycles. The van der Waals surface area contributed by atoms with E-state index in [4.69, 9.17) is 9.47 Å². The Balaban J connectivity index is 2.23. The lowest BCUT2D eigenvalue weighted by Crippen LogP contribution is -2.32. The van der Waals surface area contributed by atoms with Crippen LogP contribution in [0.1, 0.15) is 18.1 Å². The fourth-order valence-corrected chi connectivity index (χ4v) is 2.56. The Kier molecular flexibility index (Phi) is 5.63. The largest absolute Gasteiger partial charge is 0.497 e. The second-order valence-corrected chi connectivity index (χ2v) is 5.33. The van der Waals surface area contributed by atoms with E-state index in [2.05, 4.69) is 0 Å². The molecule has 122 valence electrons. The van der Waals surface area contributed by atoms with Crippen molar-refractivity contribution >= 4 is 11.6 Å². The van der Waals surface area contributed by atoms with Crippen LogP contribution in [-0.2, 0) is 11.2 Å². The highest BCUT2D eigenvalue weighted by atomic mass is 16.5. The normalized spacial score (nSPS) is 10.3. The van der Waals surface area contributed by atoms with Gasteiger partial charge in [0.1, 0.15) is 11.5 Å². The summed E-state index contributed by atoms with van der Waals surface area (Å²) in [6.07, 6.45) is 0.287. The monoisotopic (exact) mass is 313 g/mol. The van der Waals surface area contributed by atoms with E-state index in [0.717, 1.165) is 16.8 Å². The average Bonchev–Trinajstić information content (AvgIpc) is 2.56. The Morgan fingerprint density at radius 2 is 1.87 bits per heavy atom. The molecule has 0 aliphatic rings. The molecule has 2 aromatic rings. The molecule has 2 aromatic carbocycles. The maximum Gasteiger partial charge on any atom is 0.231 e. The summed E-state index contributed by atoms with van der Waals surface area (Å²) >= 11 is 0. The molecule has 2 rings (SSSR count). The third-order valence-electron chi connectivity index (χ3n) is 3.77. The maximum absolute atomic E-state index is 12.7. The molecule has 0 radical (unpaired) electrons. The van der Waals surface area contributed by atoms with Gasteiger partial charge in [0.25, 0.3) is 0 Å². The van der Waals surface area contributed by atoms with Gasteiger partial charge in [0.05, 0.1) is 20.6 Å². The van der Waals surface area contributed by atoms with E-state index in [1.54, 1.807) is 25.2 Å². The van der Waals surface area contributed by atoms with Crippen molar-refractivity contribution in [3.63, 3.8) is 0 Å². The van der Waals surface area contributed by atoms with Crippen LogP contribution >= 0.6 is 0 Å². The molecule has 4 heteroatoms. The third-order valence-corrected chi connectivity index (χ3v) is 3.77. The van der Waals surface area contributed by atoms with Crippen molar-refractivity contribution in [1.82, 2.24) is 0 Å². The average molecular weight is 313 g/mol. The number of rotatable bonds is 6. The molecule has 0 spiro atoms. The summed E-state index contributed by atoms with van der Waals surface area (Å²) in [5, 5.41) is 0. The molecule has 0 heterocycles. The van der Waals surface area contributed by atoms with Crippen LogP contribution in [0.3, 0.4) is 0 Å². The Labute approximate surface area is 137 Å². The van der Waals surface area contributed by atoms with Crippen LogP contribution in [0, 0.1) is 6.92 Å². The number of benzene rings is 2. The van der Waals surface area contributed by atoms with E-state index in [1.807, 2.05) is 50.2 Å². The predicted molar refractivity (Wildman–Crippen MR) is 92.5 cm³/mol. The fourth-order valence-electron chi connectivity index (χ4n) is 2.56. The van der Waals surface area contributed by atoms with Crippen molar-refractivity contribution in [3.05, 3.63) is 53.6 Å². The van der Waals surface area contributed by atoms with Crippen LogP contribution in [-0.4, -0.2) is 26.7 Å². The van der Waals surface area contributed by atoms with E-state index in [1.165, 1.54) is 0 Å². The standard InChI is InChI=1S/C19H23NO3/c1-5-20(16-8-6-7-14(2)11-16)19(21)12-15-9-10-17(22-3)13-18(15)23-4/h6-11,13H,5,12H2,1-4H3. The minimum Gasteiger partial charge on any atom is -0.497 e. The van der Waals surface area contributed by atoms with Gasteiger partial charge in [-0.15, -0.1) is 0 Å². The number of anilines is 1. The first kappa shape index (κ1) is 16.9. The summed E-state index contributed by atoms with van der Waals surface area (Å²) in [6, 6.07) is 13.5. The number of carbonyl (C=O) groups is 1. The van der Waals surface area contributed by atoms with Crippen LogP contribution in [0.5, 0.6) is 11.5 Å². The summed E-state index contributed by atoms with van der Waals surface area (Å²) in [5.41, 5.74) is 2.91. The fraction of sp³-hybridized carbons (Fsp3) is 0.316. The first-order valence-electron chi connectivity index (χ1n) is 7.67. The van der Waals surface area contributed by atoms with Gasteiger partial charge < -0.3 is 14.4 Å². The molecule has 4 nitrogen and oxygen atoms in total. The van der Waals surface area contributed by atoms with Gasteiger partial charge in [0, 0.05) is 23.9 Å². The molecule has 0 fully saturated rings. The van der Waals surface area contributed by atoms with Crippen molar-refractivity contribution in [1.29, 1.82) is 0 Å². The Morgan fingerprint density at radius 1 is 1.09 bits per heavy atom. The molecule has 0 saturated heterocycles. The molecule has 0 saturated carbocycles. The second kappa shape index (κ2) is 7.68. The van der Waals surface area contributed by atoms with Gasteiger partial charge in [-0.1, -0.05) is 18.2 Å². The zero-order valence-electron chi connectivity index (χ0n) is 14.1. The Morgan fingerprint density at radius 3 is 2.48 bits per heavy atom. The molecular weight excluding hydrogens is 290 g/mol. The number of carbonyl (C=O) groups excluding carboxylic acids is 1. The van der Waals surface area contributed by atoms with Crippen LogP contribution in [0.4, 0.5) is 5.69 Å². The van der Waals surface area contributed by atoms with E-state index >= 15 is 0 Å². The Bertz CT molecular complexity index is 682. The minimum atomic E-state index is 0.0431. The lowest BCUT2D eigenvalue weighted by atomic mass is 10.1. The molecule has 0 unspecified atom stereocenters. The number of methoxy groups -OCH3 is 2. The predicted octanol–water partition coefficient (Wildman–Crippen LogP) is 3.61. The van der Waals surface area contributed by atoms with E-state index in [0.29, 0.717) is 18.0 Å². The summed E-state index contributed by atoms with van der Waals surface area (Å²) in [4.78, 5) is 14.5. The molecule has 0 atom stereocenters. The smallest absolute Gasteiger partial charge is 0.231 e. The number of amides is 1. The first-order valence-corrected chi connectivity index (χ1v) is 7.67. The van der Waals surface area contributed by atoms with Gasteiger partial charge in [-0.25, -0.2) is 0 Å². The van der Waals surface area contributed by atoms with Crippen molar-refractivity contribution in [2.45, 2.75) is 20.3 Å². The van der Waals surface area contributed by atoms with Crippen LogP contribution in [0.15, 0.2) is 42.5 Å². The van der Waals surface area contributed by atoms with Gasteiger partial charge in [0.2, 0.25) is 5.91 Å². The number of ether oxygens (including phenoxy) is 2. The van der Waals surface area contributed by atoms with Gasteiger partial charge in [-0.3, -0.25) is 4.79 Å². The molecular formula is C19H23NO3. The first-order chi connectivity index (χ1) is 11.1. The van der Waals surface area contributed by atoms with Gasteiger partial charge in [-0.05, 0) is 37.6 Å². The van der Waals surface area contributed by atoms with Gasteiger partial charge in [-0.2, -0.15) is 0 Å². The van der Waals surface area contributed by atoms with E-state index in [-0.39, 0.29) is 12.3 Å². The molecule has 0 N–H and O–H groups in total. The lowest BCUT2D eigenvalue weighted by Gasteiger charge is -2.22. The van der Waals surface area contributed by atoms with Crippen molar-refractivity contribution in [2.75, 3.05) is 25.7 Å².